The van der Waals surface area contributed by atoms with E-state index in [0.717, 1.165) is 43.4 Å². The number of carbonyl (C=O) groups excluding carboxylic acids is 1. The summed E-state index contributed by atoms with van der Waals surface area (Å²) in [5.41, 5.74) is 1.87. The largest absolute Gasteiger partial charge is 0.478 e. The molecule has 4 aliphatic rings. The van der Waals surface area contributed by atoms with E-state index in [1.54, 1.807) is 0 Å². The lowest BCUT2D eigenvalue weighted by molar-refractivity contribution is -0.227. The lowest BCUT2D eigenvalue weighted by atomic mass is 9.36. The number of carboxylic acid groups (broad SMARTS) is 1. The highest BCUT2D eigenvalue weighted by Crippen LogP contribution is 2.74. The molecule has 4 fully saturated rings. The van der Waals surface area contributed by atoms with Gasteiger partial charge < -0.3 is 20.3 Å². The molecule has 0 aromatic heterocycles. The van der Waals surface area contributed by atoms with Crippen LogP contribution in [0.3, 0.4) is 0 Å². The third-order valence-electron chi connectivity index (χ3n) is 12.5. The van der Waals surface area contributed by atoms with Crippen LogP contribution in [-0.2, 0) is 14.3 Å². The van der Waals surface area contributed by atoms with E-state index in [0.29, 0.717) is 49.1 Å². The van der Waals surface area contributed by atoms with Crippen molar-refractivity contribution in [1.29, 1.82) is 0 Å². The van der Waals surface area contributed by atoms with Gasteiger partial charge in [0.25, 0.3) is 0 Å². The Kier molecular flexibility index (Phi) is 9.56. The number of esters is 1. The monoisotopic (exact) mass is 571 g/mol. The number of aliphatic carboxylic acids is 1. The number of nitrogens with one attached hydrogen (secondary N) is 1. The number of ether oxygens (including phenoxy) is 1. The van der Waals surface area contributed by atoms with Gasteiger partial charge in [-0.15, -0.1) is 0 Å². The molecule has 0 bridgehead atoms. The van der Waals surface area contributed by atoms with Crippen molar-refractivity contribution in [3.63, 3.8) is 0 Å². The van der Waals surface area contributed by atoms with Crippen molar-refractivity contribution < 1.29 is 24.5 Å². The molecule has 232 valence electrons. The first kappa shape index (κ1) is 32.3. The summed E-state index contributed by atoms with van der Waals surface area (Å²) in [6, 6.07) is 0.529. The van der Waals surface area contributed by atoms with E-state index >= 15 is 0 Å². The van der Waals surface area contributed by atoms with Crippen molar-refractivity contribution in [3.05, 3.63) is 22.8 Å². The van der Waals surface area contributed by atoms with E-state index in [1.165, 1.54) is 19.8 Å². The van der Waals surface area contributed by atoms with Gasteiger partial charge in [0, 0.05) is 18.5 Å². The van der Waals surface area contributed by atoms with E-state index < -0.39 is 18.2 Å². The average molecular weight is 572 g/mol. The predicted octanol–water partition coefficient (Wildman–Crippen LogP) is 7.06. The number of aliphatic hydroxyl groups excluding tert-OH is 1. The summed E-state index contributed by atoms with van der Waals surface area (Å²) in [6.07, 6.45) is 9.98. The molecule has 0 spiro atoms. The number of carbonyl (C=O) groups is 2. The van der Waals surface area contributed by atoms with Gasteiger partial charge in [-0.25, -0.2) is 4.79 Å². The summed E-state index contributed by atoms with van der Waals surface area (Å²) in [5, 5.41) is 26.4. The first-order valence-corrected chi connectivity index (χ1v) is 16.4. The van der Waals surface area contributed by atoms with Crippen LogP contribution in [0, 0.1) is 39.9 Å². The summed E-state index contributed by atoms with van der Waals surface area (Å²) in [4.78, 5) is 25.0. The fourth-order valence-corrected chi connectivity index (χ4v) is 10.6. The molecule has 6 heteroatoms. The van der Waals surface area contributed by atoms with Crippen molar-refractivity contribution >= 4 is 11.9 Å². The molecule has 4 rings (SSSR count). The van der Waals surface area contributed by atoms with E-state index in [4.69, 9.17) is 4.74 Å². The smallest absolute Gasteiger partial charge is 0.331 e. The zero-order valence-electron chi connectivity index (χ0n) is 27.0. The SMILES string of the molecule is CCCCN[C@H]1CC[C@@]2(C)C(CC[C@@]3(C)[C@@H]2[C@H](O)C[C@@H]2/C(=C(\CCC=C(C)C)C(=O)O)[C@@H](OC(C)=O)C[C@@]23C)[C@@H]1C. The highest BCUT2D eigenvalue weighted by molar-refractivity contribution is 5.88. The number of fused-ring (bicyclic) bond motifs is 5. The lowest BCUT2D eigenvalue weighted by Crippen LogP contribution is -2.66. The number of aliphatic hydroxyl groups is 1. The Morgan fingerprint density at radius 2 is 1.80 bits per heavy atom. The van der Waals surface area contributed by atoms with Crippen molar-refractivity contribution in [2.24, 2.45) is 39.9 Å². The summed E-state index contributed by atoms with van der Waals surface area (Å²) in [7, 11) is 0. The standard InChI is InChI=1S/C35H57NO5/c1-9-10-18-36-27-15-16-33(6)25(22(27)4)14-17-34(7)31(33)28(38)19-26-30(24(32(39)40)13-11-12-21(2)3)29(41-23(5)37)20-35(26,34)8/h12,22,25-29,31,36,38H,9-11,13-20H2,1-8H3,(H,39,40)/b30-24-/t22-,25?,26+,27-,28+,29-,31+,33-,34-,35-/m0/s1. The van der Waals surface area contributed by atoms with Gasteiger partial charge in [-0.2, -0.15) is 0 Å². The first-order chi connectivity index (χ1) is 19.2. The van der Waals surface area contributed by atoms with Gasteiger partial charge in [0.05, 0.1) is 6.10 Å². The van der Waals surface area contributed by atoms with Crippen LogP contribution in [0.15, 0.2) is 22.8 Å². The van der Waals surface area contributed by atoms with Gasteiger partial charge in [0.2, 0.25) is 0 Å². The molecule has 3 N–H and O–H groups in total. The molecule has 0 aromatic rings. The number of rotatable bonds is 9. The van der Waals surface area contributed by atoms with E-state index in [1.807, 2.05) is 13.8 Å². The third kappa shape index (κ3) is 5.57. The summed E-state index contributed by atoms with van der Waals surface area (Å²) < 4.78 is 5.94. The second-order valence-electron chi connectivity index (χ2n) is 15.0. The molecule has 6 nitrogen and oxygen atoms in total. The highest BCUT2D eigenvalue weighted by Gasteiger charge is 2.70. The van der Waals surface area contributed by atoms with Crippen molar-refractivity contribution in [2.45, 2.75) is 138 Å². The maximum atomic E-state index is 12.7. The lowest BCUT2D eigenvalue weighted by Gasteiger charge is -2.69. The van der Waals surface area contributed by atoms with E-state index in [-0.39, 0.29) is 34.1 Å². The molecule has 4 aliphatic carbocycles. The predicted molar refractivity (Wildman–Crippen MR) is 163 cm³/mol. The van der Waals surface area contributed by atoms with Gasteiger partial charge in [0.15, 0.2) is 0 Å². The molecular formula is C35H57NO5. The normalized spacial score (nSPS) is 42.9. The first-order valence-electron chi connectivity index (χ1n) is 16.4. The molecule has 1 unspecified atom stereocenters. The van der Waals surface area contributed by atoms with Crippen molar-refractivity contribution in [3.8, 4) is 0 Å². The molecule has 0 amide bonds. The number of hydrogen-bond donors (Lipinski definition) is 3. The molecule has 41 heavy (non-hydrogen) atoms. The van der Waals surface area contributed by atoms with Crippen LogP contribution in [-0.4, -0.2) is 46.9 Å². The van der Waals surface area contributed by atoms with Crippen LogP contribution in [0.5, 0.6) is 0 Å². The molecule has 0 radical (unpaired) electrons. The second kappa shape index (κ2) is 12.1. The number of allylic oxidation sites excluding steroid dienone is 2. The van der Waals surface area contributed by atoms with Crippen molar-refractivity contribution in [2.75, 3.05) is 6.54 Å². The van der Waals surface area contributed by atoms with Crippen molar-refractivity contribution in [1.82, 2.24) is 5.32 Å². The number of unbranched alkanes of at least 4 members (excludes halogenated alkanes) is 1. The minimum absolute atomic E-state index is 0.0191. The topological polar surface area (TPSA) is 95.9 Å². The third-order valence-corrected chi connectivity index (χ3v) is 12.5. The van der Waals surface area contributed by atoms with Crippen LogP contribution in [0.2, 0.25) is 0 Å². The van der Waals surface area contributed by atoms with Gasteiger partial charge in [-0.1, -0.05) is 52.7 Å². The minimum atomic E-state index is -0.927. The molecular weight excluding hydrogens is 514 g/mol. The zero-order chi connectivity index (χ0) is 30.3. The van der Waals surface area contributed by atoms with E-state index in [9.17, 15) is 19.8 Å². The molecule has 0 heterocycles. The van der Waals surface area contributed by atoms with Crippen LogP contribution in [0.25, 0.3) is 0 Å². The number of hydrogen-bond acceptors (Lipinski definition) is 5. The van der Waals surface area contributed by atoms with Gasteiger partial charge in [-0.3, -0.25) is 4.79 Å². The molecule has 0 aromatic carbocycles. The second-order valence-corrected chi connectivity index (χ2v) is 15.0. The van der Waals surface area contributed by atoms with Crippen LogP contribution >= 0.6 is 0 Å². The quantitative estimate of drug-likeness (QED) is 0.119. The minimum Gasteiger partial charge on any atom is -0.478 e. The fourth-order valence-electron chi connectivity index (χ4n) is 10.6. The Hall–Kier alpha value is -1.66. The maximum Gasteiger partial charge on any atom is 0.331 e. The van der Waals surface area contributed by atoms with Gasteiger partial charge in [-0.05, 0) is 124 Å². The Morgan fingerprint density at radius 1 is 1.10 bits per heavy atom. The molecule has 0 aliphatic heterocycles. The summed E-state index contributed by atoms with van der Waals surface area (Å²) >= 11 is 0. The van der Waals surface area contributed by atoms with Crippen LogP contribution < -0.4 is 5.32 Å². The Bertz CT molecular complexity index is 1060. The summed E-state index contributed by atoms with van der Waals surface area (Å²) in [6.45, 7) is 18.3. The molecule has 4 saturated carbocycles. The van der Waals surface area contributed by atoms with Crippen LogP contribution in [0.1, 0.15) is 120 Å². The molecule has 0 saturated heterocycles. The maximum absolute atomic E-state index is 12.7. The van der Waals surface area contributed by atoms with Gasteiger partial charge >= 0.3 is 11.9 Å². The Labute approximate surface area is 248 Å². The highest BCUT2D eigenvalue weighted by atomic mass is 16.5. The Morgan fingerprint density at radius 3 is 2.41 bits per heavy atom. The Balaban J connectivity index is 1.73. The fraction of sp³-hybridized carbons (Fsp3) is 0.829. The number of carboxylic acids is 1. The van der Waals surface area contributed by atoms with Gasteiger partial charge in [0.1, 0.15) is 6.10 Å². The zero-order valence-corrected chi connectivity index (χ0v) is 27.0. The average Bonchev–Trinajstić information content (AvgIpc) is 3.14. The summed E-state index contributed by atoms with van der Waals surface area (Å²) in [5.74, 6) is -0.194. The van der Waals surface area contributed by atoms with Crippen LogP contribution in [0.4, 0.5) is 0 Å². The van der Waals surface area contributed by atoms with E-state index in [2.05, 4.69) is 46.0 Å². The molecule has 10 atom stereocenters.